The molecule has 0 bridgehead atoms. The highest BCUT2D eigenvalue weighted by atomic mass is 35.5. The minimum absolute atomic E-state index is 0.220. The molecule has 9 heteroatoms. The van der Waals surface area contributed by atoms with Gasteiger partial charge in [-0.3, -0.25) is 4.79 Å². The third-order valence-electron chi connectivity index (χ3n) is 3.08. The van der Waals surface area contributed by atoms with Crippen LogP contribution in [0, 0.1) is 0 Å². The molecule has 2 aromatic heterocycles. The topological polar surface area (TPSA) is 81.1 Å². The minimum atomic E-state index is -0.505. The number of morpholine rings is 1. The maximum Gasteiger partial charge on any atom is 0.254 e. The van der Waals surface area contributed by atoms with Crippen molar-refractivity contribution in [2.75, 3.05) is 25.0 Å². The zero-order valence-corrected chi connectivity index (χ0v) is 12.9. The summed E-state index contributed by atoms with van der Waals surface area (Å²) in [6.45, 7) is 1.76. The molecular weight excluding hydrogens is 329 g/mol. The van der Waals surface area contributed by atoms with Crippen molar-refractivity contribution in [2.45, 2.75) is 6.10 Å². The Kier molecular flexibility index (Phi) is 4.58. The van der Waals surface area contributed by atoms with Gasteiger partial charge in [0.15, 0.2) is 5.82 Å². The second-order valence-electron chi connectivity index (χ2n) is 4.69. The van der Waals surface area contributed by atoms with E-state index in [9.17, 15) is 4.79 Å². The van der Waals surface area contributed by atoms with Crippen LogP contribution in [0.15, 0.2) is 24.7 Å². The van der Waals surface area contributed by atoms with Crippen LogP contribution in [0.1, 0.15) is 0 Å². The Morgan fingerprint density at radius 3 is 3.05 bits per heavy atom. The average Bonchev–Trinajstić information content (AvgIpc) is 2.96. The van der Waals surface area contributed by atoms with Gasteiger partial charge in [0, 0.05) is 19.3 Å². The van der Waals surface area contributed by atoms with Gasteiger partial charge in [-0.25, -0.2) is 9.67 Å². The lowest BCUT2D eigenvalue weighted by Crippen LogP contribution is -2.45. The Morgan fingerprint density at radius 2 is 2.32 bits per heavy atom. The van der Waals surface area contributed by atoms with Crippen LogP contribution in [0.25, 0.3) is 5.82 Å². The number of anilines is 1. The third-order valence-corrected chi connectivity index (χ3v) is 3.56. The summed E-state index contributed by atoms with van der Waals surface area (Å²) in [6.07, 6.45) is 4.11. The molecule has 3 rings (SSSR count). The maximum absolute atomic E-state index is 12.1. The number of ether oxygens (including phenoxy) is 1. The van der Waals surface area contributed by atoms with Gasteiger partial charge in [0.2, 0.25) is 0 Å². The molecule has 0 unspecified atom stereocenters. The number of hydrogen-bond acceptors (Lipinski definition) is 5. The van der Waals surface area contributed by atoms with Gasteiger partial charge < -0.3 is 15.4 Å². The highest BCUT2D eigenvalue weighted by Gasteiger charge is 2.22. The maximum atomic E-state index is 12.1. The number of amides is 1. The summed E-state index contributed by atoms with van der Waals surface area (Å²) >= 11 is 11.9. The number of halogens is 2. The summed E-state index contributed by atoms with van der Waals surface area (Å²) in [5.41, 5.74) is 0.534. The van der Waals surface area contributed by atoms with E-state index in [1.807, 2.05) is 0 Å². The Labute approximate surface area is 136 Å². The summed E-state index contributed by atoms with van der Waals surface area (Å²) in [6, 6.07) is 1.58. The van der Waals surface area contributed by atoms with Crippen molar-refractivity contribution >= 4 is 34.8 Å². The fraction of sp³-hybridized carbons (Fsp3) is 0.308. The van der Waals surface area contributed by atoms with Gasteiger partial charge in [0.05, 0.1) is 34.7 Å². The van der Waals surface area contributed by atoms with E-state index in [2.05, 4.69) is 20.7 Å². The largest absolute Gasteiger partial charge is 0.366 e. The summed E-state index contributed by atoms with van der Waals surface area (Å²) in [5, 5.41) is 10.8. The fourth-order valence-electron chi connectivity index (χ4n) is 2.04. The zero-order valence-electron chi connectivity index (χ0n) is 11.4. The Bertz CT molecular complexity index is 685. The number of rotatable bonds is 3. The third kappa shape index (κ3) is 3.38. The van der Waals surface area contributed by atoms with Crippen molar-refractivity contribution in [3.8, 4) is 5.82 Å². The van der Waals surface area contributed by atoms with E-state index >= 15 is 0 Å². The van der Waals surface area contributed by atoms with Crippen molar-refractivity contribution in [1.29, 1.82) is 0 Å². The first-order valence-electron chi connectivity index (χ1n) is 6.63. The van der Waals surface area contributed by atoms with E-state index in [4.69, 9.17) is 27.9 Å². The van der Waals surface area contributed by atoms with Crippen LogP contribution in [0.2, 0.25) is 10.0 Å². The molecular formula is C13H13Cl2N5O2. The van der Waals surface area contributed by atoms with Crippen molar-refractivity contribution < 1.29 is 9.53 Å². The highest BCUT2D eigenvalue weighted by molar-refractivity contribution is 6.35. The molecule has 0 aliphatic carbocycles. The standard InChI is InChI=1S/C13H13Cl2N5O2/c14-8-3-10(15)12(17-4-8)20-7-9(5-18-20)19-13(21)11-6-16-1-2-22-11/h3-5,7,11,16H,1-2,6H2,(H,19,21)/t11-/m0/s1. The van der Waals surface area contributed by atoms with Crippen molar-refractivity contribution in [1.82, 2.24) is 20.1 Å². The lowest BCUT2D eigenvalue weighted by molar-refractivity contribution is -0.128. The van der Waals surface area contributed by atoms with Gasteiger partial charge in [-0.05, 0) is 6.07 Å². The quantitative estimate of drug-likeness (QED) is 0.884. The van der Waals surface area contributed by atoms with Gasteiger partial charge in [-0.2, -0.15) is 5.10 Å². The second-order valence-corrected chi connectivity index (χ2v) is 5.53. The number of carbonyl (C=O) groups excluding carboxylic acids is 1. The first-order valence-corrected chi connectivity index (χ1v) is 7.38. The summed E-state index contributed by atoms with van der Waals surface area (Å²) in [5.74, 6) is 0.212. The van der Waals surface area contributed by atoms with E-state index in [-0.39, 0.29) is 5.91 Å². The number of nitrogens with zero attached hydrogens (tertiary/aromatic N) is 3. The molecule has 0 spiro atoms. The first kappa shape index (κ1) is 15.2. The van der Waals surface area contributed by atoms with Crippen molar-refractivity contribution in [3.05, 3.63) is 34.7 Å². The fourth-order valence-corrected chi connectivity index (χ4v) is 2.50. The smallest absolute Gasteiger partial charge is 0.254 e. The van der Waals surface area contributed by atoms with E-state index in [1.54, 1.807) is 12.3 Å². The molecule has 22 heavy (non-hydrogen) atoms. The predicted molar refractivity (Wildman–Crippen MR) is 82.6 cm³/mol. The molecule has 0 aromatic carbocycles. The molecule has 1 saturated heterocycles. The van der Waals surface area contributed by atoms with Gasteiger partial charge >= 0.3 is 0 Å². The zero-order chi connectivity index (χ0) is 15.5. The Morgan fingerprint density at radius 1 is 1.45 bits per heavy atom. The molecule has 0 radical (unpaired) electrons. The molecule has 2 aromatic rings. The summed E-state index contributed by atoms with van der Waals surface area (Å²) < 4.78 is 6.85. The lowest BCUT2D eigenvalue weighted by Gasteiger charge is -2.22. The number of nitrogens with one attached hydrogen (secondary N) is 2. The van der Waals surface area contributed by atoms with Gasteiger partial charge in [0.1, 0.15) is 6.10 Å². The van der Waals surface area contributed by atoms with Crippen LogP contribution in [0.3, 0.4) is 0 Å². The molecule has 1 atom stereocenters. The Hall–Kier alpha value is -1.67. The van der Waals surface area contributed by atoms with Gasteiger partial charge in [-0.15, -0.1) is 0 Å². The molecule has 1 fully saturated rings. The van der Waals surface area contributed by atoms with Crippen LogP contribution in [0.5, 0.6) is 0 Å². The summed E-state index contributed by atoms with van der Waals surface area (Å²) in [4.78, 5) is 16.2. The SMILES string of the molecule is O=C(Nc1cnn(-c2ncc(Cl)cc2Cl)c1)[C@@H]1CNCCO1. The average molecular weight is 342 g/mol. The predicted octanol–water partition coefficient (Wildman–Crippen LogP) is 1.50. The van der Waals surface area contributed by atoms with E-state index in [0.29, 0.717) is 34.7 Å². The second kappa shape index (κ2) is 6.62. The van der Waals surface area contributed by atoms with Crippen LogP contribution >= 0.6 is 23.2 Å². The normalized spacial score (nSPS) is 18.2. The monoisotopic (exact) mass is 341 g/mol. The highest BCUT2D eigenvalue weighted by Crippen LogP contribution is 2.22. The number of carbonyl (C=O) groups is 1. The van der Waals surface area contributed by atoms with Gasteiger partial charge in [-0.1, -0.05) is 23.2 Å². The Balaban J connectivity index is 1.72. The van der Waals surface area contributed by atoms with E-state index < -0.39 is 6.10 Å². The molecule has 116 valence electrons. The number of aromatic nitrogens is 3. The molecule has 0 saturated carbocycles. The van der Waals surface area contributed by atoms with Crippen LogP contribution < -0.4 is 10.6 Å². The van der Waals surface area contributed by atoms with E-state index in [1.165, 1.54) is 17.1 Å². The molecule has 1 aliphatic rings. The molecule has 3 heterocycles. The molecule has 1 aliphatic heterocycles. The van der Waals surface area contributed by atoms with Crippen LogP contribution in [-0.2, 0) is 9.53 Å². The molecule has 7 nitrogen and oxygen atoms in total. The molecule has 1 amide bonds. The minimum Gasteiger partial charge on any atom is -0.366 e. The van der Waals surface area contributed by atoms with Gasteiger partial charge in [0.25, 0.3) is 5.91 Å². The first-order chi connectivity index (χ1) is 10.6. The lowest BCUT2D eigenvalue weighted by atomic mass is 10.3. The van der Waals surface area contributed by atoms with Crippen molar-refractivity contribution in [3.63, 3.8) is 0 Å². The summed E-state index contributed by atoms with van der Waals surface area (Å²) in [7, 11) is 0. The number of pyridine rings is 1. The van der Waals surface area contributed by atoms with E-state index in [0.717, 1.165) is 6.54 Å². The van der Waals surface area contributed by atoms with Crippen molar-refractivity contribution in [2.24, 2.45) is 0 Å². The number of hydrogen-bond donors (Lipinski definition) is 2. The molecule has 2 N–H and O–H groups in total. The van der Waals surface area contributed by atoms with Crippen LogP contribution in [-0.4, -0.2) is 46.5 Å². The van der Waals surface area contributed by atoms with Crippen LogP contribution in [0.4, 0.5) is 5.69 Å².